The van der Waals surface area contributed by atoms with E-state index in [0.717, 1.165) is 41.9 Å². The maximum atomic E-state index is 13.3. The fourth-order valence-electron chi connectivity index (χ4n) is 5.23. The summed E-state index contributed by atoms with van der Waals surface area (Å²) >= 11 is 6.07. The van der Waals surface area contributed by atoms with Crippen molar-refractivity contribution in [1.29, 1.82) is 0 Å². The molecule has 182 valence electrons. The van der Waals surface area contributed by atoms with Crippen LogP contribution in [0.25, 0.3) is 0 Å². The number of aromatic amines is 1. The first-order valence-corrected chi connectivity index (χ1v) is 12.9. The molecular formula is C29H32ClN3O2. The molecule has 1 amide bonds. The van der Waals surface area contributed by atoms with Crippen molar-refractivity contribution >= 4 is 17.5 Å². The SMILES string of the molecule is CC(C)Cc1ccc([C@@H](C)C(=O)N2CCc3nc(C4(c5ccc(Cl)cc5)CC4)[nH]c(=O)c3C2)cc1. The third-order valence-corrected chi connectivity index (χ3v) is 7.73. The Hall–Kier alpha value is -2.92. The van der Waals surface area contributed by atoms with Gasteiger partial charge in [0.25, 0.3) is 5.56 Å². The quantitative estimate of drug-likeness (QED) is 0.504. The van der Waals surface area contributed by atoms with E-state index in [2.05, 4.69) is 43.1 Å². The first-order chi connectivity index (χ1) is 16.8. The second kappa shape index (κ2) is 9.27. The Labute approximate surface area is 211 Å². The number of amides is 1. The van der Waals surface area contributed by atoms with Crippen LogP contribution in [-0.2, 0) is 29.6 Å². The number of carbonyl (C=O) groups is 1. The van der Waals surface area contributed by atoms with E-state index in [0.29, 0.717) is 36.0 Å². The summed E-state index contributed by atoms with van der Waals surface area (Å²) in [7, 11) is 0. The highest BCUT2D eigenvalue weighted by molar-refractivity contribution is 6.30. The Morgan fingerprint density at radius 3 is 2.40 bits per heavy atom. The van der Waals surface area contributed by atoms with Crippen LogP contribution >= 0.6 is 11.6 Å². The number of hydrogen-bond acceptors (Lipinski definition) is 3. The minimum absolute atomic E-state index is 0.0514. The average Bonchev–Trinajstić information content (AvgIpc) is 3.65. The number of benzene rings is 2. The summed E-state index contributed by atoms with van der Waals surface area (Å²) in [6.45, 7) is 7.24. The minimum atomic E-state index is -0.254. The number of fused-ring (bicyclic) bond motifs is 1. The number of nitrogens with zero attached hydrogens (tertiary/aromatic N) is 2. The summed E-state index contributed by atoms with van der Waals surface area (Å²) in [6.07, 6.45) is 3.53. The molecule has 0 unspecified atom stereocenters. The van der Waals surface area contributed by atoms with E-state index in [-0.39, 0.29) is 22.8 Å². The number of hydrogen-bond donors (Lipinski definition) is 1. The van der Waals surface area contributed by atoms with Crippen LogP contribution < -0.4 is 5.56 Å². The summed E-state index contributed by atoms with van der Waals surface area (Å²) in [4.78, 5) is 36.2. The van der Waals surface area contributed by atoms with Crippen LogP contribution in [0.4, 0.5) is 0 Å². The Kier molecular flexibility index (Phi) is 6.30. The van der Waals surface area contributed by atoms with E-state index >= 15 is 0 Å². The molecule has 6 heteroatoms. The lowest BCUT2D eigenvalue weighted by molar-refractivity contribution is -0.133. The first kappa shape index (κ1) is 23.8. The van der Waals surface area contributed by atoms with Crippen molar-refractivity contribution in [3.63, 3.8) is 0 Å². The zero-order chi connectivity index (χ0) is 24.7. The smallest absolute Gasteiger partial charge is 0.256 e. The number of H-pyrrole nitrogens is 1. The lowest BCUT2D eigenvalue weighted by atomic mass is 9.94. The maximum Gasteiger partial charge on any atom is 0.256 e. The van der Waals surface area contributed by atoms with Crippen LogP contribution in [0.15, 0.2) is 53.3 Å². The number of aromatic nitrogens is 2. The minimum Gasteiger partial charge on any atom is -0.337 e. The van der Waals surface area contributed by atoms with Gasteiger partial charge in [0.15, 0.2) is 0 Å². The molecule has 3 aromatic rings. The van der Waals surface area contributed by atoms with E-state index in [4.69, 9.17) is 16.6 Å². The standard InChI is InChI=1S/C29H32ClN3O2/c1-18(2)16-20-4-6-21(7-5-20)19(3)27(35)33-15-12-25-24(17-33)26(34)32-28(31-25)29(13-14-29)22-8-10-23(30)11-9-22/h4-11,18-19H,12-17H2,1-3H3,(H,31,32,34)/t19-/m1/s1. The molecule has 1 aliphatic carbocycles. The molecule has 5 rings (SSSR count). The molecule has 1 saturated carbocycles. The molecule has 5 nitrogen and oxygen atoms in total. The first-order valence-electron chi connectivity index (χ1n) is 12.5. The Morgan fingerprint density at radius 2 is 1.77 bits per heavy atom. The number of nitrogens with one attached hydrogen (secondary N) is 1. The zero-order valence-corrected chi connectivity index (χ0v) is 21.4. The topological polar surface area (TPSA) is 66.1 Å². The van der Waals surface area contributed by atoms with Crippen molar-refractivity contribution in [3.05, 3.63) is 97.7 Å². The van der Waals surface area contributed by atoms with Crippen LogP contribution in [0.1, 0.15) is 73.3 Å². The Balaban J connectivity index is 1.33. The van der Waals surface area contributed by atoms with Gasteiger partial charge in [-0.3, -0.25) is 9.59 Å². The van der Waals surface area contributed by atoms with Crippen LogP contribution in [0.5, 0.6) is 0 Å². The Morgan fingerprint density at radius 1 is 1.09 bits per heavy atom. The average molecular weight is 490 g/mol. The van der Waals surface area contributed by atoms with Gasteiger partial charge in [0, 0.05) is 18.0 Å². The van der Waals surface area contributed by atoms with Crippen molar-refractivity contribution in [3.8, 4) is 0 Å². The molecule has 0 bridgehead atoms. The Bertz CT molecular complexity index is 1290. The van der Waals surface area contributed by atoms with Gasteiger partial charge in [-0.15, -0.1) is 0 Å². The van der Waals surface area contributed by atoms with Gasteiger partial charge in [0.05, 0.1) is 29.1 Å². The highest BCUT2D eigenvalue weighted by Crippen LogP contribution is 2.52. The molecule has 2 aliphatic rings. The fourth-order valence-corrected chi connectivity index (χ4v) is 5.35. The van der Waals surface area contributed by atoms with Crippen molar-refractivity contribution in [2.75, 3.05) is 6.54 Å². The second-order valence-corrected chi connectivity index (χ2v) is 10.9. The van der Waals surface area contributed by atoms with Crippen LogP contribution in [0.2, 0.25) is 5.02 Å². The summed E-state index contributed by atoms with van der Waals surface area (Å²) in [6, 6.07) is 16.2. The molecule has 1 N–H and O–H groups in total. The molecule has 0 radical (unpaired) electrons. The van der Waals surface area contributed by atoms with Gasteiger partial charge in [-0.2, -0.15) is 0 Å². The maximum absolute atomic E-state index is 13.3. The summed E-state index contributed by atoms with van der Waals surface area (Å²) in [5.41, 5.74) is 4.49. The number of halogens is 1. The van der Waals surface area contributed by atoms with Crippen LogP contribution in [0, 0.1) is 5.92 Å². The van der Waals surface area contributed by atoms with Crippen molar-refractivity contribution in [2.24, 2.45) is 5.92 Å². The third kappa shape index (κ3) is 4.66. The molecule has 1 fully saturated rings. The molecule has 2 aromatic carbocycles. The van der Waals surface area contributed by atoms with E-state index in [1.54, 1.807) is 4.90 Å². The van der Waals surface area contributed by atoms with Gasteiger partial charge in [0.1, 0.15) is 5.82 Å². The molecular weight excluding hydrogens is 458 g/mol. The molecule has 1 aromatic heterocycles. The van der Waals surface area contributed by atoms with Crippen molar-refractivity contribution in [2.45, 2.75) is 64.3 Å². The van der Waals surface area contributed by atoms with E-state index in [1.165, 1.54) is 5.56 Å². The summed E-state index contributed by atoms with van der Waals surface area (Å²) in [5.74, 6) is 1.13. The van der Waals surface area contributed by atoms with Crippen molar-refractivity contribution < 1.29 is 4.79 Å². The lowest BCUT2D eigenvalue weighted by Gasteiger charge is -2.30. The largest absolute Gasteiger partial charge is 0.337 e. The molecule has 0 spiro atoms. The normalized spacial score (nSPS) is 17.2. The van der Waals surface area contributed by atoms with Crippen molar-refractivity contribution in [1.82, 2.24) is 14.9 Å². The predicted octanol–water partition coefficient (Wildman–Crippen LogP) is 5.39. The highest BCUT2D eigenvalue weighted by atomic mass is 35.5. The van der Waals surface area contributed by atoms with Gasteiger partial charge in [-0.1, -0.05) is 61.8 Å². The van der Waals surface area contributed by atoms with Gasteiger partial charge in [0.2, 0.25) is 5.91 Å². The molecule has 1 aliphatic heterocycles. The molecule has 1 atom stereocenters. The number of rotatable bonds is 6. The molecule has 0 saturated heterocycles. The molecule has 35 heavy (non-hydrogen) atoms. The molecule has 2 heterocycles. The predicted molar refractivity (Wildman–Crippen MR) is 139 cm³/mol. The fraction of sp³-hybridized carbons (Fsp3) is 0.414. The third-order valence-electron chi connectivity index (χ3n) is 7.47. The van der Waals surface area contributed by atoms with E-state index in [1.807, 2.05) is 31.2 Å². The number of carbonyl (C=O) groups excluding carboxylic acids is 1. The lowest BCUT2D eigenvalue weighted by Crippen LogP contribution is -2.42. The van der Waals surface area contributed by atoms with Gasteiger partial charge in [-0.25, -0.2) is 4.98 Å². The monoisotopic (exact) mass is 489 g/mol. The second-order valence-electron chi connectivity index (χ2n) is 10.5. The van der Waals surface area contributed by atoms with Gasteiger partial charge < -0.3 is 9.88 Å². The van der Waals surface area contributed by atoms with Gasteiger partial charge >= 0.3 is 0 Å². The zero-order valence-electron chi connectivity index (χ0n) is 20.6. The van der Waals surface area contributed by atoms with Gasteiger partial charge in [-0.05, 0) is 60.9 Å². The van der Waals surface area contributed by atoms with E-state index < -0.39 is 0 Å². The van der Waals surface area contributed by atoms with Crippen LogP contribution in [0.3, 0.4) is 0 Å². The van der Waals surface area contributed by atoms with Crippen LogP contribution in [-0.4, -0.2) is 27.3 Å². The summed E-state index contributed by atoms with van der Waals surface area (Å²) in [5, 5.41) is 0.696. The highest BCUT2D eigenvalue weighted by Gasteiger charge is 2.48. The van der Waals surface area contributed by atoms with E-state index in [9.17, 15) is 9.59 Å². The summed E-state index contributed by atoms with van der Waals surface area (Å²) < 4.78 is 0.